The standard InChI is InChI=1S/C10H20N2O2/c1-8(12(3)4)6-5-7-10(13)14-9(2)11/h8,11H,5-7H2,1-4H3. The summed E-state index contributed by atoms with van der Waals surface area (Å²) in [6.07, 6.45) is 2.18. The van der Waals surface area contributed by atoms with Crippen molar-refractivity contribution in [3.8, 4) is 0 Å². The van der Waals surface area contributed by atoms with Gasteiger partial charge in [-0.3, -0.25) is 10.2 Å². The van der Waals surface area contributed by atoms with Crippen LogP contribution in [0.4, 0.5) is 0 Å². The Morgan fingerprint density at radius 3 is 2.50 bits per heavy atom. The Hall–Kier alpha value is -0.900. The van der Waals surface area contributed by atoms with Crippen molar-refractivity contribution >= 4 is 11.9 Å². The third kappa shape index (κ3) is 6.60. The molecule has 0 fully saturated rings. The number of ether oxygens (including phenoxy) is 1. The quantitative estimate of drug-likeness (QED) is 0.417. The van der Waals surface area contributed by atoms with Gasteiger partial charge in [0.2, 0.25) is 0 Å². The second-order valence-corrected chi connectivity index (χ2v) is 3.74. The van der Waals surface area contributed by atoms with Crippen molar-refractivity contribution in [3.63, 3.8) is 0 Å². The predicted octanol–water partition coefficient (Wildman–Crippen LogP) is 1.65. The lowest BCUT2D eigenvalue weighted by Crippen LogP contribution is -2.24. The number of rotatable bonds is 5. The molecule has 0 aliphatic rings. The topological polar surface area (TPSA) is 53.4 Å². The SMILES string of the molecule is CC(=N)OC(=O)CCCC(C)N(C)C. The normalized spacial score (nSPS) is 12.6. The van der Waals surface area contributed by atoms with Crippen LogP contribution in [-0.2, 0) is 9.53 Å². The van der Waals surface area contributed by atoms with E-state index in [1.165, 1.54) is 6.92 Å². The highest BCUT2D eigenvalue weighted by molar-refractivity contribution is 5.85. The zero-order valence-corrected chi connectivity index (χ0v) is 9.46. The first-order chi connectivity index (χ1) is 6.43. The highest BCUT2D eigenvalue weighted by atomic mass is 16.5. The smallest absolute Gasteiger partial charge is 0.312 e. The lowest BCUT2D eigenvalue weighted by molar-refractivity contribution is -0.135. The van der Waals surface area contributed by atoms with Crippen molar-refractivity contribution in [1.29, 1.82) is 5.41 Å². The van der Waals surface area contributed by atoms with E-state index in [4.69, 9.17) is 5.41 Å². The Morgan fingerprint density at radius 2 is 2.07 bits per heavy atom. The van der Waals surface area contributed by atoms with Gasteiger partial charge in [0.1, 0.15) is 0 Å². The molecule has 0 spiro atoms. The lowest BCUT2D eigenvalue weighted by atomic mass is 10.1. The fraction of sp³-hybridized carbons (Fsp3) is 0.800. The maximum atomic E-state index is 11.0. The predicted molar refractivity (Wildman–Crippen MR) is 56.5 cm³/mol. The summed E-state index contributed by atoms with van der Waals surface area (Å²) in [5.41, 5.74) is 0. The minimum Gasteiger partial charge on any atom is -0.412 e. The molecular weight excluding hydrogens is 180 g/mol. The summed E-state index contributed by atoms with van der Waals surface area (Å²) >= 11 is 0. The van der Waals surface area contributed by atoms with Gasteiger partial charge >= 0.3 is 5.97 Å². The molecule has 0 amide bonds. The van der Waals surface area contributed by atoms with Gasteiger partial charge in [0.15, 0.2) is 5.90 Å². The highest BCUT2D eigenvalue weighted by Gasteiger charge is 2.07. The van der Waals surface area contributed by atoms with Crippen molar-refractivity contribution < 1.29 is 9.53 Å². The van der Waals surface area contributed by atoms with Crippen LogP contribution in [0.1, 0.15) is 33.1 Å². The number of hydrogen-bond acceptors (Lipinski definition) is 4. The summed E-state index contributed by atoms with van der Waals surface area (Å²) in [6, 6.07) is 0.476. The molecule has 0 rings (SSSR count). The van der Waals surface area contributed by atoms with Gasteiger partial charge in [-0.25, -0.2) is 0 Å². The van der Waals surface area contributed by atoms with E-state index in [-0.39, 0.29) is 11.9 Å². The minimum absolute atomic E-state index is 0.0318. The maximum absolute atomic E-state index is 11.0. The van der Waals surface area contributed by atoms with Crippen LogP contribution in [0.25, 0.3) is 0 Å². The van der Waals surface area contributed by atoms with Crippen molar-refractivity contribution in [1.82, 2.24) is 4.90 Å². The number of nitrogens with zero attached hydrogens (tertiary/aromatic N) is 1. The molecule has 0 aromatic heterocycles. The Labute approximate surface area is 85.7 Å². The van der Waals surface area contributed by atoms with Gasteiger partial charge in [-0.15, -0.1) is 0 Å². The first-order valence-corrected chi connectivity index (χ1v) is 4.85. The fourth-order valence-electron chi connectivity index (χ4n) is 1.02. The zero-order chi connectivity index (χ0) is 11.1. The van der Waals surface area contributed by atoms with E-state index < -0.39 is 0 Å². The Balaban J connectivity index is 3.54. The molecule has 4 nitrogen and oxygen atoms in total. The van der Waals surface area contributed by atoms with Gasteiger partial charge in [0.25, 0.3) is 0 Å². The van der Waals surface area contributed by atoms with E-state index in [0.717, 1.165) is 12.8 Å². The van der Waals surface area contributed by atoms with Crippen LogP contribution in [0.5, 0.6) is 0 Å². The second kappa shape index (κ2) is 6.54. The first-order valence-electron chi connectivity index (χ1n) is 4.85. The molecule has 4 heteroatoms. The van der Waals surface area contributed by atoms with Crippen LogP contribution in [0.2, 0.25) is 0 Å². The number of hydrogen-bond donors (Lipinski definition) is 1. The van der Waals surface area contributed by atoms with Crippen LogP contribution >= 0.6 is 0 Å². The highest BCUT2D eigenvalue weighted by Crippen LogP contribution is 2.05. The summed E-state index contributed by atoms with van der Waals surface area (Å²) in [5, 5.41) is 6.96. The minimum atomic E-state index is -0.302. The number of esters is 1. The molecule has 0 saturated heterocycles. The van der Waals surface area contributed by atoms with Crippen LogP contribution in [0.3, 0.4) is 0 Å². The van der Waals surface area contributed by atoms with Gasteiger partial charge in [-0.05, 0) is 33.9 Å². The van der Waals surface area contributed by atoms with Crippen LogP contribution in [0, 0.1) is 5.41 Å². The van der Waals surface area contributed by atoms with Gasteiger partial charge in [0.05, 0.1) is 0 Å². The van der Waals surface area contributed by atoms with Crippen molar-refractivity contribution in [2.24, 2.45) is 0 Å². The average Bonchev–Trinajstić information content (AvgIpc) is 2.02. The molecule has 0 aliphatic heterocycles. The number of nitrogens with one attached hydrogen (secondary N) is 1. The molecule has 0 aliphatic carbocycles. The summed E-state index contributed by atoms with van der Waals surface area (Å²) < 4.78 is 4.62. The largest absolute Gasteiger partial charge is 0.412 e. The Morgan fingerprint density at radius 1 is 1.50 bits per heavy atom. The summed E-state index contributed by atoms with van der Waals surface area (Å²) in [6.45, 7) is 3.58. The average molecular weight is 200 g/mol. The molecule has 0 radical (unpaired) electrons. The Kier molecular flexibility index (Phi) is 6.12. The zero-order valence-electron chi connectivity index (χ0n) is 9.46. The van der Waals surface area contributed by atoms with Crippen LogP contribution in [-0.4, -0.2) is 36.9 Å². The molecule has 0 saturated carbocycles. The van der Waals surface area contributed by atoms with Gasteiger partial charge < -0.3 is 9.64 Å². The third-order valence-electron chi connectivity index (χ3n) is 2.15. The van der Waals surface area contributed by atoms with Crippen molar-refractivity contribution in [2.75, 3.05) is 14.1 Å². The van der Waals surface area contributed by atoms with E-state index >= 15 is 0 Å². The van der Waals surface area contributed by atoms with E-state index in [1.54, 1.807) is 0 Å². The first kappa shape index (κ1) is 13.1. The summed E-state index contributed by atoms with van der Waals surface area (Å²) in [7, 11) is 4.04. The fourth-order valence-corrected chi connectivity index (χ4v) is 1.02. The number of carbonyl (C=O) groups is 1. The molecule has 1 unspecified atom stereocenters. The maximum Gasteiger partial charge on any atom is 0.312 e. The number of carbonyl (C=O) groups excluding carboxylic acids is 1. The van der Waals surface area contributed by atoms with Crippen molar-refractivity contribution in [3.05, 3.63) is 0 Å². The summed E-state index contributed by atoms with van der Waals surface area (Å²) in [4.78, 5) is 13.1. The molecular formula is C10H20N2O2. The van der Waals surface area contributed by atoms with E-state index in [0.29, 0.717) is 12.5 Å². The molecule has 0 aromatic carbocycles. The molecule has 82 valence electrons. The molecule has 14 heavy (non-hydrogen) atoms. The molecule has 1 N–H and O–H groups in total. The third-order valence-corrected chi connectivity index (χ3v) is 2.15. The van der Waals surface area contributed by atoms with Gasteiger partial charge in [-0.2, -0.15) is 0 Å². The van der Waals surface area contributed by atoms with Crippen LogP contribution < -0.4 is 0 Å². The van der Waals surface area contributed by atoms with Gasteiger partial charge in [0, 0.05) is 19.4 Å². The molecule has 0 aromatic rings. The lowest BCUT2D eigenvalue weighted by Gasteiger charge is -2.18. The second-order valence-electron chi connectivity index (χ2n) is 3.74. The van der Waals surface area contributed by atoms with Crippen LogP contribution in [0.15, 0.2) is 0 Å². The Bertz CT molecular complexity index is 202. The molecule has 1 atom stereocenters. The van der Waals surface area contributed by atoms with E-state index in [2.05, 4.69) is 16.6 Å². The van der Waals surface area contributed by atoms with Crippen molar-refractivity contribution in [2.45, 2.75) is 39.2 Å². The molecule has 0 heterocycles. The molecule has 0 bridgehead atoms. The van der Waals surface area contributed by atoms with E-state index in [1.807, 2.05) is 14.1 Å². The summed E-state index contributed by atoms with van der Waals surface area (Å²) in [5.74, 6) is -0.334. The monoisotopic (exact) mass is 200 g/mol. The van der Waals surface area contributed by atoms with Gasteiger partial charge in [-0.1, -0.05) is 0 Å². The van der Waals surface area contributed by atoms with E-state index in [9.17, 15) is 4.79 Å².